The summed E-state index contributed by atoms with van der Waals surface area (Å²) >= 11 is 6.19. The lowest BCUT2D eigenvalue weighted by Gasteiger charge is -2.38. The Bertz CT molecular complexity index is 369. The number of aromatic nitrogens is 1. The van der Waals surface area contributed by atoms with Crippen molar-refractivity contribution < 1.29 is 0 Å². The van der Waals surface area contributed by atoms with Crippen LogP contribution in [0.4, 0.5) is 5.82 Å². The van der Waals surface area contributed by atoms with E-state index in [-0.39, 0.29) is 0 Å². The Morgan fingerprint density at radius 2 is 2.24 bits per heavy atom. The van der Waals surface area contributed by atoms with Crippen LogP contribution in [0.3, 0.4) is 0 Å². The van der Waals surface area contributed by atoms with Gasteiger partial charge in [-0.15, -0.1) is 0 Å². The Balaban J connectivity index is 2.18. The molecule has 3 nitrogen and oxygen atoms in total. The summed E-state index contributed by atoms with van der Waals surface area (Å²) in [6.45, 7) is 0.749. The maximum atomic E-state index is 6.19. The Labute approximate surface area is 108 Å². The Hall–Kier alpha value is -0.800. The fourth-order valence-corrected chi connectivity index (χ4v) is 3.02. The molecule has 2 atom stereocenters. The molecule has 2 unspecified atom stereocenters. The lowest BCUT2D eigenvalue weighted by Crippen LogP contribution is -2.43. The molecule has 0 aromatic carbocycles. The summed E-state index contributed by atoms with van der Waals surface area (Å²) in [4.78, 5) is 6.58. The third-order valence-corrected chi connectivity index (χ3v) is 4.04. The van der Waals surface area contributed by atoms with Gasteiger partial charge in [-0.1, -0.05) is 24.4 Å². The minimum Gasteiger partial charge on any atom is -0.355 e. The summed E-state index contributed by atoms with van der Waals surface area (Å²) in [5, 5.41) is 0.719. The van der Waals surface area contributed by atoms with Gasteiger partial charge in [0.25, 0.3) is 0 Å². The van der Waals surface area contributed by atoms with Gasteiger partial charge in [0, 0.05) is 19.3 Å². The van der Waals surface area contributed by atoms with Crippen LogP contribution in [0.25, 0.3) is 0 Å². The number of rotatable bonds is 3. The van der Waals surface area contributed by atoms with Crippen molar-refractivity contribution in [3.05, 3.63) is 23.4 Å². The normalized spacial score (nSPS) is 24.6. The van der Waals surface area contributed by atoms with E-state index < -0.39 is 0 Å². The molecule has 0 amide bonds. The van der Waals surface area contributed by atoms with Gasteiger partial charge in [0.2, 0.25) is 0 Å². The van der Waals surface area contributed by atoms with Crippen molar-refractivity contribution in [1.82, 2.24) is 4.98 Å². The van der Waals surface area contributed by atoms with Crippen LogP contribution < -0.4 is 10.6 Å². The Morgan fingerprint density at radius 1 is 1.47 bits per heavy atom. The highest BCUT2D eigenvalue weighted by Crippen LogP contribution is 2.32. The van der Waals surface area contributed by atoms with E-state index in [1.165, 1.54) is 25.7 Å². The summed E-state index contributed by atoms with van der Waals surface area (Å²) in [6, 6.07) is 4.22. The van der Waals surface area contributed by atoms with Gasteiger partial charge < -0.3 is 10.6 Å². The first kappa shape index (κ1) is 12.7. The van der Waals surface area contributed by atoms with Gasteiger partial charge in [-0.3, -0.25) is 0 Å². The molecule has 4 heteroatoms. The van der Waals surface area contributed by atoms with Crippen molar-refractivity contribution in [3.8, 4) is 0 Å². The second-order valence-electron chi connectivity index (χ2n) is 4.77. The average molecular weight is 254 g/mol. The molecule has 1 heterocycles. The molecule has 1 aliphatic carbocycles. The molecule has 1 aromatic heterocycles. The van der Waals surface area contributed by atoms with E-state index in [0.717, 1.165) is 17.4 Å². The largest absolute Gasteiger partial charge is 0.355 e. The van der Waals surface area contributed by atoms with Gasteiger partial charge in [-0.2, -0.15) is 0 Å². The minimum absolute atomic E-state index is 0.473. The molecular formula is C13H20ClN3. The van der Waals surface area contributed by atoms with Crippen LogP contribution in [0, 0.1) is 5.92 Å². The number of nitrogens with zero attached hydrogens (tertiary/aromatic N) is 2. The van der Waals surface area contributed by atoms with Crippen molar-refractivity contribution in [2.75, 3.05) is 18.5 Å². The van der Waals surface area contributed by atoms with Crippen LogP contribution in [0.5, 0.6) is 0 Å². The lowest BCUT2D eigenvalue weighted by atomic mass is 9.84. The Morgan fingerprint density at radius 3 is 2.94 bits per heavy atom. The molecule has 94 valence electrons. The predicted octanol–water partition coefficient (Wildman–Crippen LogP) is 2.69. The standard InChI is InChI=1S/C13H20ClN3/c1-17(13-11(14)6-4-8-16-13)12-7-3-2-5-10(12)9-15/h4,6,8,10,12H,2-3,5,7,9,15H2,1H3. The SMILES string of the molecule is CN(c1ncccc1Cl)C1CCCCC1CN. The fraction of sp³-hybridized carbons (Fsp3) is 0.615. The Kier molecular flexibility index (Phi) is 4.24. The second kappa shape index (κ2) is 5.69. The van der Waals surface area contributed by atoms with Crippen LogP contribution in [-0.4, -0.2) is 24.6 Å². The fourth-order valence-electron chi connectivity index (χ4n) is 2.77. The van der Waals surface area contributed by atoms with Crippen LogP contribution >= 0.6 is 11.6 Å². The molecule has 0 radical (unpaired) electrons. The van der Waals surface area contributed by atoms with Crippen molar-refractivity contribution in [3.63, 3.8) is 0 Å². The summed E-state index contributed by atoms with van der Waals surface area (Å²) in [5.74, 6) is 1.44. The van der Waals surface area contributed by atoms with Gasteiger partial charge in [-0.05, 0) is 37.4 Å². The highest BCUT2D eigenvalue weighted by atomic mass is 35.5. The van der Waals surface area contributed by atoms with E-state index in [1.54, 1.807) is 6.20 Å². The highest BCUT2D eigenvalue weighted by molar-refractivity contribution is 6.32. The maximum Gasteiger partial charge on any atom is 0.147 e. The van der Waals surface area contributed by atoms with Gasteiger partial charge >= 0.3 is 0 Å². The van der Waals surface area contributed by atoms with Crippen LogP contribution in [0.2, 0.25) is 5.02 Å². The average Bonchev–Trinajstić information content (AvgIpc) is 2.38. The molecule has 2 N–H and O–H groups in total. The van der Waals surface area contributed by atoms with E-state index >= 15 is 0 Å². The van der Waals surface area contributed by atoms with E-state index in [9.17, 15) is 0 Å². The number of hydrogen-bond acceptors (Lipinski definition) is 3. The predicted molar refractivity (Wildman–Crippen MR) is 72.5 cm³/mol. The van der Waals surface area contributed by atoms with Crippen molar-refractivity contribution >= 4 is 17.4 Å². The maximum absolute atomic E-state index is 6.19. The molecule has 1 fully saturated rings. The van der Waals surface area contributed by atoms with Gasteiger partial charge in [0.1, 0.15) is 5.82 Å². The first-order valence-electron chi connectivity index (χ1n) is 6.27. The number of halogens is 1. The monoisotopic (exact) mass is 253 g/mol. The van der Waals surface area contributed by atoms with Gasteiger partial charge in [0.15, 0.2) is 0 Å². The third kappa shape index (κ3) is 2.72. The van der Waals surface area contributed by atoms with Crippen molar-refractivity contribution in [2.24, 2.45) is 11.7 Å². The molecule has 17 heavy (non-hydrogen) atoms. The van der Waals surface area contributed by atoms with Crippen LogP contribution in [0.15, 0.2) is 18.3 Å². The van der Waals surface area contributed by atoms with Crippen LogP contribution in [0.1, 0.15) is 25.7 Å². The van der Waals surface area contributed by atoms with Crippen molar-refractivity contribution in [2.45, 2.75) is 31.7 Å². The summed E-state index contributed by atoms with van der Waals surface area (Å²) in [6.07, 6.45) is 6.76. The zero-order valence-electron chi connectivity index (χ0n) is 10.3. The molecule has 0 saturated heterocycles. The first-order chi connectivity index (χ1) is 8.24. The van der Waals surface area contributed by atoms with E-state index in [4.69, 9.17) is 17.3 Å². The number of hydrogen-bond donors (Lipinski definition) is 1. The minimum atomic E-state index is 0.473. The van der Waals surface area contributed by atoms with Gasteiger partial charge in [0.05, 0.1) is 5.02 Å². The third-order valence-electron chi connectivity index (χ3n) is 3.74. The second-order valence-corrected chi connectivity index (χ2v) is 5.17. The zero-order chi connectivity index (χ0) is 12.3. The lowest BCUT2D eigenvalue weighted by molar-refractivity contribution is 0.305. The molecule has 1 aromatic rings. The van der Waals surface area contributed by atoms with E-state index in [0.29, 0.717) is 12.0 Å². The number of anilines is 1. The van der Waals surface area contributed by atoms with Crippen LogP contribution in [-0.2, 0) is 0 Å². The molecule has 2 rings (SSSR count). The molecule has 0 spiro atoms. The van der Waals surface area contributed by atoms with Crippen molar-refractivity contribution in [1.29, 1.82) is 0 Å². The molecule has 1 aliphatic rings. The first-order valence-corrected chi connectivity index (χ1v) is 6.65. The highest BCUT2D eigenvalue weighted by Gasteiger charge is 2.28. The quantitative estimate of drug-likeness (QED) is 0.901. The van der Waals surface area contributed by atoms with E-state index in [1.807, 2.05) is 12.1 Å². The molecule has 0 aliphatic heterocycles. The molecule has 1 saturated carbocycles. The smallest absolute Gasteiger partial charge is 0.147 e. The summed E-state index contributed by atoms with van der Waals surface area (Å²) in [5.41, 5.74) is 5.87. The number of nitrogens with two attached hydrogens (primary N) is 1. The topological polar surface area (TPSA) is 42.2 Å². The number of pyridine rings is 1. The summed E-state index contributed by atoms with van der Waals surface area (Å²) < 4.78 is 0. The molecular weight excluding hydrogens is 234 g/mol. The van der Waals surface area contributed by atoms with E-state index in [2.05, 4.69) is 16.9 Å². The zero-order valence-corrected chi connectivity index (χ0v) is 11.0. The van der Waals surface area contributed by atoms with Gasteiger partial charge in [-0.25, -0.2) is 4.98 Å². The summed E-state index contributed by atoms with van der Waals surface area (Å²) in [7, 11) is 2.08. The molecule has 0 bridgehead atoms.